The molecule has 0 nitrogen and oxygen atoms in total. The predicted molar refractivity (Wildman–Crippen MR) is 62.3 cm³/mol. The summed E-state index contributed by atoms with van der Waals surface area (Å²) in [7, 11) is 0. The first-order chi connectivity index (χ1) is 7.54. The number of rotatable bonds is 3. The molecule has 0 N–H and O–H groups in total. The van der Waals surface area contributed by atoms with E-state index in [-0.39, 0.29) is 6.42 Å². The molecule has 0 aromatic carbocycles. The highest BCUT2D eigenvalue weighted by Gasteiger charge is 2.33. The van der Waals surface area contributed by atoms with Crippen molar-refractivity contribution in [2.24, 2.45) is 0 Å². The molecule has 94 valence electrons. The summed E-state index contributed by atoms with van der Waals surface area (Å²) in [6, 6.07) is 0. The van der Waals surface area contributed by atoms with E-state index in [2.05, 4.69) is 6.92 Å². The third-order valence-electron chi connectivity index (χ3n) is 2.45. The maximum Gasteiger partial charge on any atom is 0.412 e. The van der Waals surface area contributed by atoms with Crippen molar-refractivity contribution < 1.29 is 13.2 Å². The highest BCUT2D eigenvalue weighted by molar-refractivity contribution is 5.26. The molecule has 3 heteroatoms. The fourth-order valence-corrected chi connectivity index (χ4v) is 1.53. The lowest BCUT2D eigenvalue weighted by molar-refractivity contribution is -0.0941. The summed E-state index contributed by atoms with van der Waals surface area (Å²) in [5.41, 5.74) is 0.762. The topological polar surface area (TPSA) is 0 Å². The van der Waals surface area contributed by atoms with E-state index in [1.807, 2.05) is 13.8 Å². The predicted octanol–water partition coefficient (Wildman–Crippen LogP) is 5.41. The van der Waals surface area contributed by atoms with Crippen LogP contribution in [0.4, 0.5) is 13.2 Å². The van der Waals surface area contributed by atoms with Gasteiger partial charge in [0.2, 0.25) is 0 Å². The van der Waals surface area contributed by atoms with Gasteiger partial charge in [0.1, 0.15) is 0 Å². The lowest BCUT2D eigenvalue weighted by atomic mass is 9.95. The van der Waals surface area contributed by atoms with Crippen LogP contribution >= 0.6 is 0 Å². The van der Waals surface area contributed by atoms with E-state index in [1.165, 1.54) is 6.08 Å². The van der Waals surface area contributed by atoms with Gasteiger partial charge in [-0.15, -0.1) is 0 Å². The molecule has 1 rings (SSSR count). The molecular weight excluding hydrogens is 213 g/mol. The average molecular weight is 234 g/mol. The first-order valence-corrected chi connectivity index (χ1v) is 6.00. The molecule has 0 bridgehead atoms. The third kappa shape index (κ3) is 5.38. The quantitative estimate of drug-likeness (QED) is 0.612. The summed E-state index contributed by atoms with van der Waals surface area (Å²) in [6.45, 7) is 6.08. The van der Waals surface area contributed by atoms with Gasteiger partial charge < -0.3 is 0 Å². The monoisotopic (exact) mass is 234 g/mol. The van der Waals surface area contributed by atoms with Crippen LogP contribution in [0.15, 0.2) is 23.3 Å². The molecule has 1 aliphatic rings. The Morgan fingerprint density at radius 3 is 2.12 bits per heavy atom. The SMILES string of the molecule is CC.CCCCC1=CC=C(C(F)(F)F)CC1. The zero-order valence-electron chi connectivity index (χ0n) is 10.3. The van der Waals surface area contributed by atoms with Crippen LogP contribution in [0.5, 0.6) is 0 Å². The molecule has 0 saturated heterocycles. The van der Waals surface area contributed by atoms with E-state index < -0.39 is 11.7 Å². The number of unbranched alkanes of at least 4 members (excludes halogenated alkanes) is 1. The molecule has 16 heavy (non-hydrogen) atoms. The molecule has 0 unspecified atom stereocenters. The zero-order chi connectivity index (χ0) is 12.6. The Bertz CT molecular complexity index is 246. The first kappa shape index (κ1) is 15.3. The van der Waals surface area contributed by atoms with E-state index in [4.69, 9.17) is 0 Å². The third-order valence-corrected chi connectivity index (χ3v) is 2.45. The van der Waals surface area contributed by atoms with Gasteiger partial charge in [-0.25, -0.2) is 0 Å². The lowest BCUT2D eigenvalue weighted by Gasteiger charge is -2.16. The van der Waals surface area contributed by atoms with Gasteiger partial charge in [0.05, 0.1) is 0 Å². The Morgan fingerprint density at radius 1 is 1.12 bits per heavy atom. The van der Waals surface area contributed by atoms with Gasteiger partial charge in [0.15, 0.2) is 0 Å². The number of allylic oxidation sites excluding steroid dienone is 4. The Balaban J connectivity index is 0.00000106. The Morgan fingerprint density at radius 2 is 1.75 bits per heavy atom. The van der Waals surface area contributed by atoms with Gasteiger partial charge in [-0.2, -0.15) is 13.2 Å². The normalized spacial score (nSPS) is 15.9. The van der Waals surface area contributed by atoms with Gasteiger partial charge in [-0.3, -0.25) is 0 Å². The summed E-state index contributed by atoms with van der Waals surface area (Å²) >= 11 is 0. The van der Waals surface area contributed by atoms with Crippen molar-refractivity contribution in [3.8, 4) is 0 Å². The second-order valence-electron chi connectivity index (χ2n) is 3.62. The van der Waals surface area contributed by atoms with Gasteiger partial charge in [0, 0.05) is 5.57 Å². The van der Waals surface area contributed by atoms with Crippen molar-refractivity contribution in [1.29, 1.82) is 0 Å². The highest BCUT2D eigenvalue weighted by atomic mass is 19.4. The largest absolute Gasteiger partial charge is 0.412 e. The van der Waals surface area contributed by atoms with Gasteiger partial charge >= 0.3 is 6.18 Å². The minimum Gasteiger partial charge on any atom is -0.166 e. The van der Waals surface area contributed by atoms with Gasteiger partial charge in [0.25, 0.3) is 0 Å². The van der Waals surface area contributed by atoms with Crippen molar-refractivity contribution in [2.45, 2.75) is 59.1 Å². The summed E-state index contributed by atoms with van der Waals surface area (Å²) in [4.78, 5) is 0. The van der Waals surface area contributed by atoms with Crippen LogP contribution in [0.3, 0.4) is 0 Å². The van der Waals surface area contributed by atoms with Crippen molar-refractivity contribution in [2.75, 3.05) is 0 Å². The Labute approximate surface area is 96.2 Å². The standard InChI is InChI=1S/C11H15F3.C2H6/c1-2-3-4-9-5-7-10(8-6-9)11(12,13)14;1-2/h5,7H,2-4,6,8H2,1H3;1-2H3. The molecule has 0 atom stereocenters. The second kappa shape index (κ2) is 7.53. The molecule has 0 amide bonds. The van der Waals surface area contributed by atoms with E-state index >= 15 is 0 Å². The first-order valence-electron chi connectivity index (χ1n) is 6.00. The van der Waals surface area contributed by atoms with Crippen LogP contribution in [0, 0.1) is 0 Å². The van der Waals surface area contributed by atoms with Crippen LogP contribution in [0.1, 0.15) is 52.9 Å². The van der Waals surface area contributed by atoms with E-state index in [9.17, 15) is 13.2 Å². The summed E-state index contributed by atoms with van der Waals surface area (Å²) < 4.78 is 36.7. The molecule has 0 radical (unpaired) electrons. The van der Waals surface area contributed by atoms with Crippen LogP contribution in [-0.2, 0) is 0 Å². The van der Waals surface area contributed by atoms with E-state index in [0.29, 0.717) is 6.42 Å². The van der Waals surface area contributed by atoms with Crippen molar-refractivity contribution in [1.82, 2.24) is 0 Å². The molecule has 1 aliphatic carbocycles. The number of hydrogen-bond acceptors (Lipinski definition) is 0. The fourth-order valence-electron chi connectivity index (χ4n) is 1.53. The van der Waals surface area contributed by atoms with E-state index in [1.54, 1.807) is 6.08 Å². The van der Waals surface area contributed by atoms with E-state index in [0.717, 1.165) is 24.8 Å². The number of hydrogen-bond donors (Lipinski definition) is 0. The molecule has 0 aromatic rings. The van der Waals surface area contributed by atoms with Crippen LogP contribution < -0.4 is 0 Å². The fraction of sp³-hybridized carbons (Fsp3) is 0.692. The second-order valence-corrected chi connectivity index (χ2v) is 3.62. The number of halogens is 3. The molecule has 0 saturated carbocycles. The molecular formula is C13H21F3. The molecule has 0 spiro atoms. The van der Waals surface area contributed by atoms with Crippen molar-refractivity contribution >= 4 is 0 Å². The summed E-state index contributed by atoms with van der Waals surface area (Å²) in [5, 5.41) is 0. The van der Waals surface area contributed by atoms with Crippen LogP contribution in [0.25, 0.3) is 0 Å². The minimum absolute atomic E-state index is 0.152. The minimum atomic E-state index is -4.13. The summed E-state index contributed by atoms with van der Waals surface area (Å²) in [5.74, 6) is 0. The van der Waals surface area contributed by atoms with Crippen LogP contribution in [0.2, 0.25) is 0 Å². The zero-order valence-corrected chi connectivity index (χ0v) is 10.3. The molecule has 0 aromatic heterocycles. The number of alkyl halides is 3. The Kier molecular flexibility index (Phi) is 7.18. The summed E-state index contributed by atoms with van der Waals surface area (Å²) in [6.07, 6.45) is 2.57. The smallest absolute Gasteiger partial charge is 0.166 e. The highest BCUT2D eigenvalue weighted by Crippen LogP contribution is 2.33. The van der Waals surface area contributed by atoms with Gasteiger partial charge in [-0.05, 0) is 25.7 Å². The molecule has 0 heterocycles. The van der Waals surface area contributed by atoms with Crippen molar-refractivity contribution in [3.63, 3.8) is 0 Å². The average Bonchev–Trinajstić information content (AvgIpc) is 2.28. The maximum atomic E-state index is 12.2. The van der Waals surface area contributed by atoms with Crippen molar-refractivity contribution in [3.05, 3.63) is 23.3 Å². The Hall–Kier alpha value is -0.730. The maximum absolute atomic E-state index is 12.2. The molecule has 0 aliphatic heterocycles. The van der Waals surface area contributed by atoms with Crippen LogP contribution in [-0.4, -0.2) is 6.18 Å². The molecule has 0 fully saturated rings. The van der Waals surface area contributed by atoms with Gasteiger partial charge in [-0.1, -0.05) is 44.9 Å². The lowest BCUT2D eigenvalue weighted by Crippen LogP contribution is -2.13.